The summed E-state index contributed by atoms with van der Waals surface area (Å²) in [5.74, 6) is -0.284. The Hall–Kier alpha value is -3.26. The number of thiophene rings is 1. The molecule has 0 aliphatic rings. The van der Waals surface area contributed by atoms with Gasteiger partial charge in [-0.25, -0.2) is 4.68 Å². The first-order chi connectivity index (χ1) is 12.7. The van der Waals surface area contributed by atoms with E-state index in [2.05, 4.69) is 20.6 Å². The average Bonchev–Trinajstić information content (AvgIpc) is 3.33. The molecule has 0 fully saturated rings. The van der Waals surface area contributed by atoms with E-state index in [4.69, 9.17) is 0 Å². The summed E-state index contributed by atoms with van der Waals surface area (Å²) in [6.45, 7) is 0.195. The summed E-state index contributed by atoms with van der Waals surface area (Å²) < 4.78 is 1.17. The fourth-order valence-electron chi connectivity index (χ4n) is 2.71. The minimum atomic E-state index is -0.284. The second kappa shape index (κ2) is 6.93. The first kappa shape index (κ1) is 16.2. The lowest BCUT2D eigenvalue weighted by molar-refractivity contribution is -0.122. The SMILES string of the molecule is O=C(Cn1ncc2ccccc2c1=O)NCc1cn[nH]c1-c1cccs1. The maximum Gasteiger partial charge on any atom is 0.275 e. The van der Waals surface area contributed by atoms with Gasteiger partial charge in [-0.3, -0.25) is 14.7 Å². The van der Waals surface area contributed by atoms with Crippen molar-refractivity contribution < 1.29 is 4.79 Å². The van der Waals surface area contributed by atoms with E-state index in [9.17, 15) is 9.59 Å². The maximum absolute atomic E-state index is 12.4. The fraction of sp³-hybridized carbons (Fsp3) is 0.111. The van der Waals surface area contributed by atoms with E-state index in [0.29, 0.717) is 11.9 Å². The van der Waals surface area contributed by atoms with Crippen molar-refractivity contribution in [2.45, 2.75) is 13.1 Å². The highest BCUT2D eigenvalue weighted by molar-refractivity contribution is 7.13. The molecule has 3 aromatic heterocycles. The van der Waals surface area contributed by atoms with Crippen molar-refractivity contribution in [1.29, 1.82) is 0 Å². The fourth-order valence-corrected chi connectivity index (χ4v) is 3.46. The van der Waals surface area contributed by atoms with Crippen LogP contribution in [0, 0.1) is 0 Å². The number of aromatic nitrogens is 4. The molecule has 0 atom stereocenters. The summed E-state index contributed by atoms with van der Waals surface area (Å²) in [7, 11) is 0. The lowest BCUT2D eigenvalue weighted by atomic mass is 10.2. The molecular formula is C18H15N5O2S. The van der Waals surface area contributed by atoms with Crippen molar-refractivity contribution >= 4 is 28.0 Å². The Morgan fingerprint density at radius 2 is 2.08 bits per heavy atom. The van der Waals surface area contributed by atoms with Crippen LogP contribution < -0.4 is 10.9 Å². The summed E-state index contributed by atoms with van der Waals surface area (Å²) in [5, 5.41) is 17.2. The molecule has 0 aliphatic carbocycles. The van der Waals surface area contributed by atoms with Gasteiger partial charge in [0.05, 0.1) is 28.4 Å². The van der Waals surface area contributed by atoms with Crippen molar-refractivity contribution in [3.63, 3.8) is 0 Å². The van der Waals surface area contributed by atoms with Crippen LogP contribution in [0.5, 0.6) is 0 Å². The molecule has 2 N–H and O–H groups in total. The highest BCUT2D eigenvalue weighted by Gasteiger charge is 2.12. The molecule has 3 heterocycles. The summed E-state index contributed by atoms with van der Waals surface area (Å²) in [6.07, 6.45) is 3.28. The van der Waals surface area contributed by atoms with Gasteiger partial charge >= 0.3 is 0 Å². The highest BCUT2D eigenvalue weighted by Crippen LogP contribution is 2.25. The number of H-pyrrole nitrogens is 1. The van der Waals surface area contributed by atoms with Gasteiger partial charge in [-0.2, -0.15) is 10.2 Å². The van der Waals surface area contributed by atoms with Gasteiger partial charge in [0, 0.05) is 17.5 Å². The number of fused-ring (bicyclic) bond motifs is 1. The summed E-state index contributed by atoms with van der Waals surface area (Å²) in [5.41, 5.74) is 1.50. The lowest BCUT2D eigenvalue weighted by Gasteiger charge is -2.07. The zero-order chi connectivity index (χ0) is 17.9. The van der Waals surface area contributed by atoms with Crippen LogP contribution in [0.25, 0.3) is 21.3 Å². The van der Waals surface area contributed by atoms with Gasteiger partial charge in [0.2, 0.25) is 5.91 Å². The molecule has 0 aliphatic heterocycles. The van der Waals surface area contributed by atoms with E-state index in [1.54, 1.807) is 35.9 Å². The smallest absolute Gasteiger partial charge is 0.275 e. The maximum atomic E-state index is 12.4. The minimum Gasteiger partial charge on any atom is -0.350 e. The molecule has 0 radical (unpaired) electrons. The number of nitrogens with zero attached hydrogens (tertiary/aromatic N) is 3. The molecule has 0 spiro atoms. The third-order valence-corrected chi connectivity index (χ3v) is 4.90. The van der Waals surface area contributed by atoms with Gasteiger partial charge in [-0.1, -0.05) is 24.3 Å². The number of amides is 1. The van der Waals surface area contributed by atoms with Crippen molar-refractivity contribution in [2.24, 2.45) is 0 Å². The van der Waals surface area contributed by atoms with Crippen LogP contribution in [-0.2, 0) is 17.9 Å². The molecule has 8 heteroatoms. The predicted octanol–water partition coefficient (Wildman–Crippen LogP) is 2.16. The van der Waals surface area contributed by atoms with E-state index >= 15 is 0 Å². The van der Waals surface area contributed by atoms with E-state index in [-0.39, 0.29) is 18.0 Å². The number of carbonyl (C=O) groups excluding carboxylic acids is 1. The molecule has 0 saturated heterocycles. The first-order valence-electron chi connectivity index (χ1n) is 8.00. The average molecular weight is 365 g/mol. The molecule has 1 aromatic carbocycles. The normalized spacial score (nSPS) is 10.9. The summed E-state index contributed by atoms with van der Waals surface area (Å²) in [6, 6.07) is 11.1. The van der Waals surface area contributed by atoms with Gasteiger partial charge in [-0.15, -0.1) is 11.3 Å². The molecule has 0 bridgehead atoms. The number of rotatable bonds is 5. The van der Waals surface area contributed by atoms with Crippen LogP contribution in [0.4, 0.5) is 0 Å². The van der Waals surface area contributed by atoms with E-state index < -0.39 is 0 Å². The van der Waals surface area contributed by atoms with Crippen molar-refractivity contribution in [3.8, 4) is 10.6 Å². The molecule has 4 aromatic rings. The number of aromatic amines is 1. The number of hydrogen-bond donors (Lipinski definition) is 2. The van der Waals surface area contributed by atoms with Crippen LogP contribution >= 0.6 is 11.3 Å². The number of carbonyl (C=O) groups is 1. The standard InChI is InChI=1S/C18H15N5O2S/c24-16(11-23-18(25)14-5-2-1-4-12(14)10-21-23)19-8-13-9-20-22-17(13)15-6-3-7-26-15/h1-7,9-10H,8,11H2,(H,19,24)(H,20,22). The molecule has 7 nitrogen and oxygen atoms in total. The van der Waals surface area contributed by atoms with Crippen LogP contribution in [0.1, 0.15) is 5.56 Å². The lowest BCUT2D eigenvalue weighted by Crippen LogP contribution is -2.33. The zero-order valence-electron chi connectivity index (χ0n) is 13.7. The molecule has 130 valence electrons. The first-order valence-corrected chi connectivity index (χ1v) is 8.88. The van der Waals surface area contributed by atoms with Gasteiger partial charge in [0.1, 0.15) is 6.54 Å². The van der Waals surface area contributed by atoms with Gasteiger partial charge in [0.25, 0.3) is 5.56 Å². The largest absolute Gasteiger partial charge is 0.350 e. The van der Waals surface area contributed by atoms with E-state index in [1.807, 2.05) is 29.6 Å². The van der Waals surface area contributed by atoms with E-state index in [0.717, 1.165) is 21.5 Å². The third-order valence-electron chi connectivity index (χ3n) is 4.02. The van der Waals surface area contributed by atoms with Crippen LogP contribution in [0.2, 0.25) is 0 Å². The van der Waals surface area contributed by atoms with Gasteiger partial charge in [-0.05, 0) is 17.5 Å². The third kappa shape index (κ3) is 3.14. The predicted molar refractivity (Wildman–Crippen MR) is 99.8 cm³/mol. The van der Waals surface area contributed by atoms with Crippen molar-refractivity contribution in [2.75, 3.05) is 0 Å². The van der Waals surface area contributed by atoms with Gasteiger partial charge < -0.3 is 5.32 Å². The summed E-state index contributed by atoms with van der Waals surface area (Å²) in [4.78, 5) is 25.7. The molecule has 0 saturated carbocycles. The highest BCUT2D eigenvalue weighted by atomic mass is 32.1. The molecule has 4 rings (SSSR count). The Bertz CT molecular complexity index is 1110. The summed E-state index contributed by atoms with van der Waals surface area (Å²) >= 11 is 1.60. The number of benzene rings is 1. The van der Waals surface area contributed by atoms with Gasteiger partial charge in [0.15, 0.2) is 0 Å². The van der Waals surface area contributed by atoms with E-state index in [1.165, 1.54) is 4.68 Å². The quantitative estimate of drug-likeness (QED) is 0.567. The Balaban J connectivity index is 1.46. The molecule has 1 amide bonds. The Morgan fingerprint density at radius 3 is 2.92 bits per heavy atom. The second-order valence-electron chi connectivity index (χ2n) is 5.72. The van der Waals surface area contributed by atoms with Crippen LogP contribution in [0.15, 0.2) is 59.0 Å². The molecule has 0 unspecified atom stereocenters. The zero-order valence-corrected chi connectivity index (χ0v) is 14.5. The van der Waals surface area contributed by atoms with Crippen LogP contribution in [-0.4, -0.2) is 25.9 Å². The van der Waals surface area contributed by atoms with Crippen LogP contribution in [0.3, 0.4) is 0 Å². The Morgan fingerprint density at radius 1 is 1.19 bits per heavy atom. The molecule has 26 heavy (non-hydrogen) atoms. The topological polar surface area (TPSA) is 92.7 Å². The minimum absolute atomic E-state index is 0.129. The molecular weight excluding hydrogens is 350 g/mol. The Labute approximate surface area is 152 Å². The number of hydrogen-bond acceptors (Lipinski definition) is 5. The van der Waals surface area contributed by atoms with Crippen molar-refractivity contribution in [3.05, 3.63) is 70.1 Å². The monoisotopic (exact) mass is 365 g/mol. The Kier molecular flexibility index (Phi) is 4.32. The second-order valence-corrected chi connectivity index (χ2v) is 6.67. The van der Waals surface area contributed by atoms with Crippen molar-refractivity contribution in [1.82, 2.24) is 25.3 Å². The number of nitrogens with one attached hydrogen (secondary N) is 2.